The van der Waals surface area contributed by atoms with Crippen LogP contribution in [0.3, 0.4) is 0 Å². The lowest BCUT2D eigenvalue weighted by Crippen LogP contribution is -2.43. The lowest BCUT2D eigenvalue weighted by Gasteiger charge is -2.18. The Morgan fingerprint density at radius 3 is 2.40 bits per heavy atom. The van der Waals surface area contributed by atoms with Crippen LogP contribution in [0.4, 0.5) is 0 Å². The molecule has 0 spiro atoms. The lowest BCUT2D eigenvalue weighted by molar-refractivity contribution is -0.134. The van der Waals surface area contributed by atoms with Crippen LogP contribution in [0.15, 0.2) is 47.1 Å². The molecule has 0 saturated carbocycles. The molecule has 2 saturated heterocycles. The van der Waals surface area contributed by atoms with Crippen molar-refractivity contribution in [2.45, 2.75) is 71.6 Å². The van der Waals surface area contributed by atoms with Crippen LogP contribution in [0.2, 0.25) is 0 Å². The fraction of sp³-hybridized carbons (Fsp3) is 0.524. The van der Waals surface area contributed by atoms with Gasteiger partial charge in [0.1, 0.15) is 6.10 Å². The molecule has 1 N–H and O–H groups in total. The van der Waals surface area contributed by atoms with Crippen molar-refractivity contribution in [1.29, 1.82) is 0 Å². The maximum atomic E-state index is 12.6. The van der Waals surface area contributed by atoms with E-state index in [1.807, 2.05) is 26.8 Å². The molecule has 0 aliphatic carbocycles. The average Bonchev–Trinajstić information content (AvgIpc) is 3.26. The van der Waals surface area contributed by atoms with E-state index >= 15 is 0 Å². The topological polar surface area (TPSA) is 58.7 Å². The van der Waals surface area contributed by atoms with Gasteiger partial charge in [-0.3, -0.25) is 9.59 Å². The van der Waals surface area contributed by atoms with E-state index < -0.39 is 11.1 Å². The zero-order valence-corrected chi connectivity index (χ0v) is 16.1. The molecule has 2 aliphatic heterocycles. The molecular weight excluding hydrogens is 314 g/mol. The van der Waals surface area contributed by atoms with Crippen LogP contribution in [0, 0.1) is 0 Å². The first kappa shape index (κ1) is 19.4. The number of ketones is 1. The minimum absolute atomic E-state index is 0.204. The van der Waals surface area contributed by atoms with Crippen LogP contribution < -0.4 is 5.32 Å². The van der Waals surface area contributed by atoms with E-state index in [4.69, 9.17) is 4.74 Å². The molecule has 2 fully saturated rings. The summed E-state index contributed by atoms with van der Waals surface area (Å²) in [6, 6.07) is 0. The van der Waals surface area contributed by atoms with Crippen molar-refractivity contribution in [1.82, 2.24) is 5.32 Å². The molecule has 2 rings (SSSR count). The van der Waals surface area contributed by atoms with Gasteiger partial charge in [0.25, 0.3) is 5.91 Å². The van der Waals surface area contributed by atoms with Crippen LogP contribution in [0.1, 0.15) is 54.4 Å². The first-order valence-corrected chi connectivity index (χ1v) is 8.85. The van der Waals surface area contributed by atoms with Crippen LogP contribution >= 0.6 is 0 Å². The van der Waals surface area contributed by atoms with Gasteiger partial charge in [0, 0.05) is 0 Å². The highest BCUT2D eigenvalue weighted by atomic mass is 16.6. The van der Waals surface area contributed by atoms with Gasteiger partial charge in [0.15, 0.2) is 0 Å². The Morgan fingerprint density at radius 1 is 1.20 bits per heavy atom. The van der Waals surface area contributed by atoms with Crippen molar-refractivity contribution in [3.63, 3.8) is 0 Å². The second kappa shape index (κ2) is 7.12. The Morgan fingerprint density at radius 2 is 1.88 bits per heavy atom. The van der Waals surface area contributed by atoms with Gasteiger partial charge in [-0.1, -0.05) is 41.5 Å². The summed E-state index contributed by atoms with van der Waals surface area (Å²) in [5, 5.41) is 2.84. The van der Waals surface area contributed by atoms with Crippen molar-refractivity contribution in [2.24, 2.45) is 0 Å². The number of amides is 1. The van der Waals surface area contributed by atoms with E-state index in [1.54, 1.807) is 6.92 Å². The first-order chi connectivity index (χ1) is 11.6. The summed E-state index contributed by atoms with van der Waals surface area (Å²) in [7, 11) is 0. The fourth-order valence-corrected chi connectivity index (χ4v) is 3.25. The molecule has 4 nitrogen and oxygen atoms in total. The molecule has 0 radical (unpaired) electrons. The van der Waals surface area contributed by atoms with Crippen molar-refractivity contribution in [3.8, 4) is 0 Å². The Balaban J connectivity index is 1.90. The van der Waals surface area contributed by atoms with Gasteiger partial charge in [0.05, 0.1) is 5.54 Å². The second-order valence-corrected chi connectivity index (χ2v) is 7.53. The third kappa shape index (κ3) is 3.84. The number of ether oxygens (including phenoxy) is 1. The summed E-state index contributed by atoms with van der Waals surface area (Å²) in [4.78, 5) is 24.8. The highest BCUT2D eigenvalue weighted by Crippen LogP contribution is 2.50. The van der Waals surface area contributed by atoms with Gasteiger partial charge in [-0.2, -0.15) is 0 Å². The largest absolute Gasteiger partial charge is 0.345 e. The van der Waals surface area contributed by atoms with Crippen LogP contribution in [-0.4, -0.2) is 28.9 Å². The first-order valence-electron chi connectivity index (χ1n) is 8.85. The molecule has 0 aromatic carbocycles. The number of hydrogen-bond donors (Lipinski definition) is 1. The standard InChI is InChI=1S/C21H29NO3/c1-7-14(2)13-15(3)11-9-8-10-12-16(4)17(23)21-18(25-21)20(5,6)22-19(21)24/h7,9,11-13,18H,8,10H2,1-6H3,(H,22,24). The van der Waals surface area contributed by atoms with Crippen LogP contribution in [0.25, 0.3) is 0 Å². The van der Waals surface area contributed by atoms with Gasteiger partial charge < -0.3 is 10.1 Å². The zero-order chi connectivity index (χ0) is 18.8. The highest BCUT2D eigenvalue weighted by Gasteiger charge is 2.77. The molecule has 25 heavy (non-hydrogen) atoms. The monoisotopic (exact) mass is 343 g/mol. The number of rotatable bonds is 7. The summed E-state index contributed by atoms with van der Waals surface area (Å²) in [6.07, 6.45) is 11.5. The van der Waals surface area contributed by atoms with Crippen molar-refractivity contribution >= 4 is 11.7 Å². The van der Waals surface area contributed by atoms with E-state index in [-0.39, 0.29) is 17.8 Å². The molecule has 1 amide bonds. The third-order valence-electron chi connectivity index (χ3n) is 4.81. The van der Waals surface area contributed by atoms with E-state index in [2.05, 4.69) is 43.5 Å². The minimum atomic E-state index is -1.27. The molecule has 0 bridgehead atoms. The molecule has 2 atom stereocenters. The van der Waals surface area contributed by atoms with E-state index in [0.29, 0.717) is 5.57 Å². The number of nitrogens with one attached hydrogen (secondary N) is 1. The van der Waals surface area contributed by atoms with E-state index in [0.717, 1.165) is 12.8 Å². The molecule has 2 unspecified atom stereocenters. The number of epoxide rings is 1. The van der Waals surface area contributed by atoms with Gasteiger partial charge in [0.2, 0.25) is 11.4 Å². The number of fused-ring (bicyclic) bond motifs is 1. The number of carbonyl (C=O) groups is 2. The molecule has 136 valence electrons. The third-order valence-corrected chi connectivity index (χ3v) is 4.81. The Labute approximate surface area is 150 Å². The molecular formula is C21H29NO3. The molecule has 0 aromatic rings. The molecule has 4 heteroatoms. The summed E-state index contributed by atoms with van der Waals surface area (Å²) in [5.41, 5.74) is 1.28. The normalized spacial score (nSPS) is 29.0. The SMILES string of the molecule is CC=C(C)C=C(C)C=CCCC=C(C)C(=O)C12OC1C(C)(C)NC2=O. The summed E-state index contributed by atoms with van der Waals surface area (Å²) in [5.74, 6) is -0.510. The number of unbranched alkanes of at least 4 members (excludes halogenated alkanes) is 1. The fourth-order valence-electron chi connectivity index (χ4n) is 3.25. The number of allylic oxidation sites excluding steroid dienone is 7. The number of hydrogen-bond acceptors (Lipinski definition) is 3. The smallest absolute Gasteiger partial charge is 0.263 e. The van der Waals surface area contributed by atoms with E-state index in [9.17, 15) is 9.59 Å². The second-order valence-electron chi connectivity index (χ2n) is 7.53. The zero-order valence-electron chi connectivity index (χ0n) is 16.1. The van der Waals surface area contributed by atoms with Crippen molar-refractivity contribution in [2.75, 3.05) is 0 Å². The van der Waals surface area contributed by atoms with Gasteiger partial charge in [-0.05, 0) is 60.0 Å². The highest BCUT2D eigenvalue weighted by molar-refractivity contribution is 6.21. The molecule has 0 aromatic heterocycles. The number of morpholine rings is 1. The summed E-state index contributed by atoms with van der Waals surface area (Å²) >= 11 is 0. The van der Waals surface area contributed by atoms with E-state index in [1.165, 1.54) is 11.1 Å². The van der Waals surface area contributed by atoms with Gasteiger partial charge >= 0.3 is 0 Å². The van der Waals surface area contributed by atoms with Crippen LogP contribution in [-0.2, 0) is 14.3 Å². The van der Waals surface area contributed by atoms with Crippen molar-refractivity contribution in [3.05, 3.63) is 47.1 Å². The van der Waals surface area contributed by atoms with Gasteiger partial charge in [-0.25, -0.2) is 0 Å². The average molecular weight is 343 g/mol. The minimum Gasteiger partial charge on any atom is -0.345 e. The maximum absolute atomic E-state index is 12.6. The molecule has 2 heterocycles. The van der Waals surface area contributed by atoms with Crippen LogP contribution in [0.5, 0.6) is 0 Å². The molecule has 2 aliphatic rings. The predicted molar refractivity (Wildman–Crippen MR) is 100 cm³/mol. The number of carbonyl (C=O) groups excluding carboxylic acids is 2. The maximum Gasteiger partial charge on any atom is 0.263 e. The summed E-state index contributed by atoms with van der Waals surface area (Å²) < 4.78 is 5.53. The quantitative estimate of drug-likeness (QED) is 0.251. The Hall–Kier alpha value is -1.94. The predicted octanol–water partition coefficient (Wildman–Crippen LogP) is 3.80. The Kier molecular flexibility index (Phi) is 5.52. The number of Topliss-reactive ketones (excluding diaryl/α,β-unsaturated/α-hetero) is 1. The van der Waals surface area contributed by atoms with Gasteiger partial charge in [-0.15, -0.1) is 0 Å². The van der Waals surface area contributed by atoms with Crippen molar-refractivity contribution < 1.29 is 14.3 Å². The Bertz CT molecular complexity index is 694. The lowest BCUT2D eigenvalue weighted by atomic mass is 9.90. The summed E-state index contributed by atoms with van der Waals surface area (Å²) in [6.45, 7) is 11.7.